The molecule has 0 bridgehead atoms. The molecule has 2 nitrogen and oxygen atoms in total. The lowest BCUT2D eigenvalue weighted by molar-refractivity contribution is -0.136. The van der Waals surface area contributed by atoms with Crippen LogP contribution < -0.4 is 5.46 Å². The zero-order chi connectivity index (χ0) is 16.2. The molecule has 116 valence electrons. The van der Waals surface area contributed by atoms with Gasteiger partial charge in [-0.15, -0.1) is 0 Å². The highest BCUT2D eigenvalue weighted by Crippen LogP contribution is 2.39. The van der Waals surface area contributed by atoms with Crippen molar-refractivity contribution < 1.29 is 22.5 Å². The van der Waals surface area contributed by atoms with Crippen molar-refractivity contribution in [3.05, 3.63) is 27.2 Å². The van der Waals surface area contributed by atoms with Crippen molar-refractivity contribution in [3.63, 3.8) is 0 Å². The zero-order valence-corrected chi connectivity index (χ0v) is 14.3. The van der Waals surface area contributed by atoms with Crippen molar-refractivity contribution in [1.82, 2.24) is 0 Å². The van der Waals surface area contributed by atoms with Gasteiger partial charge in [0, 0.05) is 15.0 Å². The molecular weight excluding hydrogens is 371 g/mol. The van der Waals surface area contributed by atoms with Crippen LogP contribution in [0.25, 0.3) is 0 Å². The second kappa shape index (κ2) is 5.15. The first kappa shape index (κ1) is 17.1. The Morgan fingerprint density at radius 2 is 1.57 bits per heavy atom. The smallest absolute Gasteiger partial charge is 0.399 e. The van der Waals surface area contributed by atoms with Gasteiger partial charge in [-0.1, -0.05) is 27.5 Å². The Morgan fingerprint density at radius 1 is 1.10 bits per heavy atom. The zero-order valence-electron chi connectivity index (χ0n) is 11.9. The standard InChI is InChI=1S/C13H14BBrClF3O2/c1-11(2)12(3,4)21-14(20-11)10-8(13(17,18)19)5-7(16)6-9(10)15/h5-6H,1-4H3. The first-order valence-electron chi connectivity index (χ1n) is 6.27. The van der Waals surface area contributed by atoms with E-state index in [0.717, 1.165) is 6.07 Å². The van der Waals surface area contributed by atoms with Crippen molar-refractivity contribution in [1.29, 1.82) is 0 Å². The third-order valence-electron chi connectivity index (χ3n) is 3.89. The van der Waals surface area contributed by atoms with Crippen molar-refractivity contribution >= 4 is 40.1 Å². The van der Waals surface area contributed by atoms with Gasteiger partial charge >= 0.3 is 13.3 Å². The van der Waals surface area contributed by atoms with Crippen LogP contribution in [0.2, 0.25) is 5.02 Å². The summed E-state index contributed by atoms with van der Waals surface area (Å²) >= 11 is 8.87. The number of hydrogen-bond acceptors (Lipinski definition) is 2. The molecule has 8 heteroatoms. The van der Waals surface area contributed by atoms with Crippen molar-refractivity contribution in [2.45, 2.75) is 45.1 Å². The highest BCUT2D eigenvalue weighted by atomic mass is 79.9. The van der Waals surface area contributed by atoms with E-state index in [-0.39, 0.29) is 15.0 Å². The average molecular weight is 385 g/mol. The maximum atomic E-state index is 13.3. The van der Waals surface area contributed by atoms with Crippen LogP contribution in [0.4, 0.5) is 13.2 Å². The van der Waals surface area contributed by atoms with Gasteiger partial charge in [0.1, 0.15) is 0 Å². The van der Waals surface area contributed by atoms with Crippen LogP contribution in [-0.4, -0.2) is 18.3 Å². The van der Waals surface area contributed by atoms with Crippen LogP contribution in [0.3, 0.4) is 0 Å². The number of rotatable bonds is 1. The molecule has 0 saturated carbocycles. The van der Waals surface area contributed by atoms with E-state index in [1.165, 1.54) is 6.07 Å². The average Bonchev–Trinajstić information content (AvgIpc) is 2.44. The monoisotopic (exact) mass is 384 g/mol. The van der Waals surface area contributed by atoms with E-state index < -0.39 is 30.1 Å². The predicted molar refractivity (Wildman–Crippen MR) is 79.9 cm³/mol. The Bertz CT molecular complexity index is 559. The van der Waals surface area contributed by atoms with Crippen LogP contribution in [0.5, 0.6) is 0 Å². The van der Waals surface area contributed by atoms with Crippen molar-refractivity contribution in [2.24, 2.45) is 0 Å². The van der Waals surface area contributed by atoms with E-state index in [0.29, 0.717) is 0 Å². The summed E-state index contributed by atoms with van der Waals surface area (Å²) in [5, 5.41) is -0.00512. The van der Waals surface area contributed by atoms with Gasteiger partial charge in [0.25, 0.3) is 0 Å². The molecule has 0 radical (unpaired) electrons. The minimum atomic E-state index is -4.55. The van der Waals surface area contributed by atoms with Crippen LogP contribution in [0.1, 0.15) is 33.3 Å². The number of hydrogen-bond donors (Lipinski definition) is 0. The Kier molecular flexibility index (Phi) is 4.20. The quantitative estimate of drug-likeness (QED) is 0.667. The topological polar surface area (TPSA) is 18.5 Å². The van der Waals surface area contributed by atoms with E-state index in [4.69, 9.17) is 20.9 Å². The number of halogens is 5. The summed E-state index contributed by atoms with van der Waals surface area (Å²) < 4.78 is 51.4. The normalized spacial score (nSPS) is 20.9. The molecule has 0 atom stereocenters. The molecule has 0 amide bonds. The molecule has 0 aromatic heterocycles. The summed E-state index contributed by atoms with van der Waals surface area (Å²) in [5.74, 6) is 0. The maximum Gasteiger partial charge on any atom is 0.496 e. The molecule has 1 aromatic rings. The SMILES string of the molecule is CC1(C)OB(c2c(Br)cc(Cl)cc2C(F)(F)F)OC1(C)C. The fourth-order valence-corrected chi connectivity index (χ4v) is 3.02. The van der Waals surface area contributed by atoms with Crippen LogP contribution in [0, 0.1) is 0 Å². The van der Waals surface area contributed by atoms with Gasteiger partial charge in [0.15, 0.2) is 0 Å². The first-order chi connectivity index (χ1) is 9.35. The second-order valence-corrected chi connectivity index (χ2v) is 7.23. The van der Waals surface area contributed by atoms with Gasteiger partial charge < -0.3 is 9.31 Å². The molecule has 21 heavy (non-hydrogen) atoms. The fraction of sp³-hybridized carbons (Fsp3) is 0.538. The highest BCUT2D eigenvalue weighted by molar-refractivity contribution is 9.10. The third-order valence-corrected chi connectivity index (χ3v) is 4.76. The molecular formula is C13H14BBrClF3O2. The third kappa shape index (κ3) is 3.11. The highest BCUT2D eigenvalue weighted by Gasteiger charge is 2.54. The summed E-state index contributed by atoms with van der Waals surface area (Å²) in [6.07, 6.45) is -4.55. The van der Waals surface area contributed by atoms with E-state index in [1.54, 1.807) is 27.7 Å². The van der Waals surface area contributed by atoms with Gasteiger partial charge in [-0.2, -0.15) is 13.2 Å². The van der Waals surface area contributed by atoms with Gasteiger partial charge in [-0.05, 0) is 39.8 Å². The second-order valence-electron chi connectivity index (χ2n) is 5.93. The lowest BCUT2D eigenvalue weighted by Crippen LogP contribution is -2.41. The molecule has 1 heterocycles. The number of benzene rings is 1. The van der Waals surface area contributed by atoms with E-state index in [9.17, 15) is 13.2 Å². The Labute approximate surface area is 135 Å². The molecule has 1 aliphatic heterocycles. The van der Waals surface area contributed by atoms with Crippen LogP contribution in [0.15, 0.2) is 16.6 Å². The molecule has 0 unspecified atom stereocenters. The predicted octanol–water partition coefficient (Wildman–Crippen LogP) is 4.42. The maximum absolute atomic E-state index is 13.3. The Balaban J connectivity index is 2.56. The molecule has 1 saturated heterocycles. The fourth-order valence-electron chi connectivity index (χ4n) is 2.02. The van der Waals surface area contributed by atoms with Gasteiger partial charge in [0.2, 0.25) is 0 Å². The molecule has 2 rings (SSSR count). The molecule has 1 aromatic carbocycles. The summed E-state index contributed by atoms with van der Waals surface area (Å²) in [7, 11) is -1.11. The lowest BCUT2D eigenvalue weighted by atomic mass is 9.75. The Morgan fingerprint density at radius 3 is 2.00 bits per heavy atom. The van der Waals surface area contributed by atoms with E-state index in [2.05, 4.69) is 15.9 Å². The summed E-state index contributed by atoms with van der Waals surface area (Å²) in [4.78, 5) is 0. The summed E-state index contributed by atoms with van der Waals surface area (Å²) in [5.41, 5.74) is -2.40. The van der Waals surface area contributed by atoms with E-state index >= 15 is 0 Å². The summed E-state index contributed by atoms with van der Waals surface area (Å²) in [6.45, 7) is 7.13. The van der Waals surface area contributed by atoms with E-state index in [1.807, 2.05) is 0 Å². The molecule has 0 N–H and O–H groups in total. The largest absolute Gasteiger partial charge is 0.496 e. The Hall–Kier alpha value is -0.235. The minimum absolute atomic E-state index is 0.00512. The van der Waals surface area contributed by atoms with Crippen LogP contribution in [-0.2, 0) is 15.5 Å². The van der Waals surface area contributed by atoms with Crippen molar-refractivity contribution in [3.8, 4) is 0 Å². The van der Waals surface area contributed by atoms with Gasteiger partial charge in [-0.25, -0.2) is 0 Å². The molecule has 1 aliphatic rings. The van der Waals surface area contributed by atoms with Crippen molar-refractivity contribution in [2.75, 3.05) is 0 Å². The summed E-state index contributed by atoms with van der Waals surface area (Å²) in [6, 6.07) is 2.28. The molecule has 1 fully saturated rings. The lowest BCUT2D eigenvalue weighted by Gasteiger charge is -2.32. The van der Waals surface area contributed by atoms with Crippen LogP contribution >= 0.6 is 27.5 Å². The minimum Gasteiger partial charge on any atom is -0.399 e. The molecule has 0 aliphatic carbocycles. The van der Waals surface area contributed by atoms with Gasteiger partial charge in [-0.3, -0.25) is 0 Å². The number of alkyl halides is 3. The van der Waals surface area contributed by atoms with Gasteiger partial charge in [0.05, 0.1) is 16.8 Å². The first-order valence-corrected chi connectivity index (χ1v) is 7.44. The molecule has 0 spiro atoms.